The molecule has 13 heteroatoms. The summed E-state index contributed by atoms with van der Waals surface area (Å²) in [6, 6.07) is 0. The summed E-state index contributed by atoms with van der Waals surface area (Å²) in [5.41, 5.74) is 0. The average molecular weight is 378 g/mol. The monoisotopic (exact) mass is 378 g/mol. The molecule has 25 heavy (non-hydrogen) atoms. The van der Waals surface area contributed by atoms with Gasteiger partial charge in [-0.3, -0.25) is 0 Å². The molecule has 12 N–H and O–H groups in total. The van der Waals surface area contributed by atoms with Crippen LogP contribution in [0.25, 0.3) is 0 Å². The molecule has 0 aromatic carbocycles. The summed E-state index contributed by atoms with van der Waals surface area (Å²) in [6.45, 7) is -1.05. The van der Waals surface area contributed by atoms with Crippen LogP contribution in [0.5, 0.6) is 0 Å². The first kappa shape index (κ1) is 24.5. The van der Waals surface area contributed by atoms with Gasteiger partial charge in [0.25, 0.3) is 0 Å². The Morgan fingerprint density at radius 2 is 0.760 bits per heavy atom. The summed E-state index contributed by atoms with van der Waals surface area (Å²) >= 11 is 0. The van der Waals surface area contributed by atoms with Crippen LogP contribution >= 0.6 is 0 Å². The third-order valence-electron chi connectivity index (χ3n) is 3.73. The Hall–Kier alpha value is -0.520. The molecule has 152 valence electrons. The zero-order chi connectivity index (χ0) is 18.6. The van der Waals surface area contributed by atoms with Crippen molar-refractivity contribution in [2.45, 2.75) is 61.4 Å². The quantitative estimate of drug-likeness (QED) is 0.215. The van der Waals surface area contributed by atoms with Crippen LogP contribution in [0.1, 0.15) is 0 Å². The van der Waals surface area contributed by atoms with Crippen LogP contribution in [0.3, 0.4) is 0 Å². The van der Waals surface area contributed by atoms with Crippen molar-refractivity contribution >= 4 is 0 Å². The normalized spacial score (nSPS) is 47.3. The molecule has 2 saturated heterocycles. The maximum Gasteiger partial charge on any atom is 0.184 e. The lowest BCUT2D eigenvalue weighted by Crippen LogP contribution is -2.58. The molecule has 0 saturated carbocycles. The van der Waals surface area contributed by atoms with Gasteiger partial charge in [0.1, 0.15) is 48.8 Å². The van der Waals surface area contributed by atoms with E-state index in [0.29, 0.717) is 0 Å². The Morgan fingerprint density at radius 3 is 1.00 bits per heavy atom. The van der Waals surface area contributed by atoms with Gasteiger partial charge in [0.15, 0.2) is 12.6 Å². The highest BCUT2D eigenvalue weighted by Crippen LogP contribution is 2.19. The Balaban J connectivity index is 0.000000443. The lowest BCUT2D eigenvalue weighted by molar-refractivity contribution is -0.286. The van der Waals surface area contributed by atoms with Crippen molar-refractivity contribution in [2.75, 3.05) is 13.2 Å². The largest absolute Gasteiger partial charge is 0.412 e. The summed E-state index contributed by atoms with van der Waals surface area (Å²) in [7, 11) is 0. The Bertz CT molecular complexity index is 327. The molecule has 0 amide bonds. The lowest BCUT2D eigenvalue weighted by Gasteiger charge is -2.37. The van der Waals surface area contributed by atoms with Crippen LogP contribution in [0.4, 0.5) is 0 Å². The number of hydrogen-bond donors (Lipinski definition) is 10. The molecule has 2 heterocycles. The molecule has 0 aliphatic carbocycles. The van der Waals surface area contributed by atoms with Crippen molar-refractivity contribution in [1.29, 1.82) is 0 Å². The Labute approximate surface area is 141 Å². The summed E-state index contributed by atoms with van der Waals surface area (Å²) in [6.07, 6.45) is -14.1. The maximum atomic E-state index is 9.12. The van der Waals surface area contributed by atoms with Gasteiger partial charge in [-0.2, -0.15) is 0 Å². The van der Waals surface area contributed by atoms with Crippen LogP contribution in [0.2, 0.25) is 0 Å². The minimum Gasteiger partial charge on any atom is -0.412 e. The molecule has 2 aliphatic heterocycles. The molecule has 2 unspecified atom stereocenters. The third-order valence-corrected chi connectivity index (χ3v) is 3.73. The van der Waals surface area contributed by atoms with E-state index in [-0.39, 0.29) is 5.48 Å². The number of hydrogen-bond acceptors (Lipinski definition) is 12. The van der Waals surface area contributed by atoms with E-state index < -0.39 is 74.6 Å². The highest BCUT2D eigenvalue weighted by Gasteiger charge is 2.43. The van der Waals surface area contributed by atoms with Gasteiger partial charge in [-0.15, -0.1) is 0 Å². The summed E-state index contributed by atoms with van der Waals surface area (Å²) in [5, 5.41) is 89.3. The Kier molecular flexibility index (Phi) is 10.4. The lowest BCUT2D eigenvalue weighted by atomic mass is 10.00. The van der Waals surface area contributed by atoms with Gasteiger partial charge in [0, 0.05) is 0 Å². The molecule has 0 aromatic heterocycles. The van der Waals surface area contributed by atoms with Crippen molar-refractivity contribution in [1.82, 2.24) is 0 Å². The van der Waals surface area contributed by atoms with Crippen molar-refractivity contribution in [2.24, 2.45) is 0 Å². The highest BCUT2D eigenvalue weighted by atomic mass is 16.6. The zero-order valence-corrected chi connectivity index (χ0v) is 13.0. The van der Waals surface area contributed by atoms with Crippen LogP contribution in [0, 0.1) is 0 Å². The van der Waals surface area contributed by atoms with E-state index >= 15 is 0 Å². The minimum absolute atomic E-state index is 0. The van der Waals surface area contributed by atoms with Crippen LogP contribution < -0.4 is 0 Å². The zero-order valence-electron chi connectivity index (χ0n) is 13.0. The number of rotatable bonds is 2. The second-order valence-corrected chi connectivity index (χ2v) is 5.44. The van der Waals surface area contributed by atoms with Gasteiger partial charge in [-0.1, -0.05) is 0 Å². The second-order valence-electron chi connectivity index (χ2n) is 5.44. The average Bonchev–Trinajstić information content (AvgIpc) is 2.58. The summed E-state index contributed by atoms with van der Waals surface area (Å²) in [5.74, 6) is 0. The fourth-order valence-electron chi connectivity index (χ4n) is 2.16. The summed E-state index contributed by atoms with van der Waals surface area (Å²) < 4.78 is 9.15. The first-order valence-corrected chi connectivity index (χ1v) is 7.12. The molecular weight excluding hydrogens is 352 g/mol. The van der Waals surface area contributed by atoms with Crippen molar-refractivity contribution in [3.63, 3.8) is 0 Å². The summed E-state index contributed by atoms with van der Waals surface area (Å²) in [4.78, 5) is 0. The van der Waals surface area contributed by atoms with Gasteiger partial charge >= 0.3 is 0 Å². The van der Waals surface area contributed by atoms with E-state index in [4.69, 9.17) is 51.1 Å². The first-order chi connectivity index (χ1) is 11.1. The van der Waals surface area contributed by atoms with Crippen LogP contribution in [0.15, 0.2) is 0 Å². The minimum atomic E-state index is -1.57. The smallest absolute Gasteiger partial charge is 0.184 e. The van der Waals surface area contributed by atoms with Gasteiger partial charge in [-0.05, 0) is 0 Å². The van der Waals surface area contributed by atoms with E-state index in [1.807, 2.05) is 0 Å². The number of aliphatic hydroxyl groups is 10. The molecule has 0 spiro atoms. The van der Waals surface area contributed by atoms with Gasteiger partial charge < -0.3 is 66.0 Å². The van der Waals surface area contributed by atoms with Gasteiger partial charge in [-0.25, -0.2) is 0 Å². The number of aliphatic hydroxyl groups excluding tert-OH is 10. The third kappa shape index (κ3) is 5.73. The highest BCUT2D eigenvalue weighted by molar-refractivity contribution is 4.88. The Morgan fingerprint density at radius 1 is 0.480 bits per heavy atom. The van der Waals surface area contributed by atoms with Crippen molar-refractivity contribution < 1.29 is 66.0 Å². The topological polar surface area (TPSA) is 252 Å². The van der Waals surface area contributed by atoms with E-state index in [9.17, 15) is 0 Å². The predicted molar refractivity (Wildman–Crippen MR) is 75.6 cm³/mol. The molecule has 2 aliphatic rings. The van der Waals surface area contributed by atoms with E-state index in [1.54, 1.807) is 0 Å². The van der Waals surface area contributed by atoms with Gasteiger partial charge in [0.05, 0.1) is 13.2 Å². The van der Waals surface area contributed by atoms with Crippen LogP contribution in [-0.4, -0.2) is 131 Å². The van der Waals surface area contributed by atoms with E-state index in [0.717, 1.165) is 0 Å². The fourth-order valence-corrected chi connectivity index (χ4v) is 2.16. The maximum absolute atomic E-state index is 9.12. The predicted octanol–water partition coefficient (Wildman–Crippen LogP) is -7.27. The van der Waals surface area contributed by atoms with Crippen molar-refractivity contribution in [3.8, 4) is 0 Å². The molecule has 13 nitrogen and oxygen atoms in total. The first-order valence-electron chi connectivity index (χ1n) is 7.12. The number of ether oxygens (including phenoxy) is 2. The van der Waals surface area contributed by atoms with Crippen LogP contribution in [-0.2, 0) is 9.47 Å². The molecule has 0 aromatic rings. The van der Waals surface area contributed by atoms with Gasteiger partial charge in [0.2, 0.25) is 0 Å². The molecular formula is C12H26O13. The standard InChI is InChI=1S/2C6H12O6.H2O/c2*7-1-2-3(8)4(9)5(10)6(11)12-2;/h2*2-11H,1H2;1H2/t2*2-,3-,4+,5-,6?;/m11./s1. The molecule has 0 radical (unpaired) electrons. The molecule has 0 bridgehead atoms. The molecule has 2 fully saturated rings. The van der Waals surface area contributed by atoms with Crippen molar-refractivity contribution in [3.05, 3.63) is 0 Å². The SMILES string of the molecule is O.OC[C@H]1OC(O)[C@H](O)[C@@H](O)[C@@H]1O.OC[C@H]1OC(O)[C@H](O)[C@@H](O)[C@@H]1O. The second kappa shape index (κ2) is 10.6. The fraction of sp³-hybridized carbons (Fsp3) is 1.00. The molecule has 10 atom stereocenters. The molecule has 2 rings (SSSR count). The van der Waals surface area contributed by atoms with E-state index in [2.05, 4.69) is 9.47 Å². The van der Waals surface area contributed by atoms with E-state index in [1.165, 1.54) is 0 Å².